The lowest BCUT2D eigenvalue weighted by Crippen LogP contribution is -2.43. The van der Waals surface area contributed by atoms with Crippen LogP contribution in [0, 0.1) is 0 Å². The van der Waals surface area contributed by atoms with E-state index in [9.17, 15) is 4.79 Å². The third-order valence-electron chi connectivity index (χ3n) is 6.79. The molecule has 3 N–H and O–H groups in total. The van der Waals surface area contributed by atoms with Crippen LogP contribution in [-0.4, -0.2) is 86.3 Å². The first-order chi connectivity index (χ1) is 15.7. The molecule has 178 valence electrons. The van der Waals surface area contributed by atoms with Crippen LogP contribution in [0.1, 0.15) is 51.4 Å². The Morgan fingerprint density at radius 1 is 0.969 bits per heavy atom. The number of nitrogens with zero attached hydrogens (tertiary/aromatic N) is 5. The highest BCUT2D eigenvalue weighted by Gasteiger charge is 2.20. The second-order valence-electron chi connectivity index (χ2n) is 9.41. The maximum Gasteiger partial charge on any atom is 0.315 e. The van der Waals surface area contributed by atoms with Gasteiger partial charge in [-0.3, -0.25) is 0 Å². The van der Waals surface area contributed by atoms with E-state index in [0.29, 0.717) is 12.6 Å². The van der Waals surface area contributed by atoms with Gasteiger partial charge in [0.1, 0.15) is 11.6 Å². The molecule has 2 aliphatic heterocycles. The number of amides is 2. The van der Waals surface area contributed by atoms with E-state index < -0.39 is 0 Å². The second kappa shape index (κ2) is 11.5. The first-order valence-corrected chi connectivity index (χ1v) is 12.5. The first-order valence-electron chi connectivity index (χ1n) is 12.5. The summed E-state index contributed by atoms with van der Waals surface area (Å²) in [7, 11) is 2.09. The van der Waals surface area contributed by atoms with Crippen LogP contribution < -0.4 is 25.8 Å². The van der Waals surface area contributed by atoms with Crippen molar-refractivity contribution in [3.8, 4) is 0 Å². The van der Waals surface area contributed by atoms with Gasteiger partial charge in [-0.2, -0.15) is 9.97 Å². The van der Waals surface area contributed by atoms with Gasteiger partial charge < -0.3 is 30.7 Å². The fourth-order valence-electron chi connectivity index (χ4n) is 4.83. The molecule has 1 saturated carbocycles. The zero-order chi connectivity index (χ0) is 22.2. The molecule has 0 atom stereocenters. The smallest absolute Gasteiger partial charge is 0.315 e. The minimum Gasteiger partial charge on any atom is -0.369 e. The van der Waals surface area contributed by atoms with Crippen LogP contribution in [0.25, 0.3) is 0 Å². The molecule has 3 aliphatic rings. The van der Waals surface area contributed by atoms with Crippen LogP contribution in [0.5, 0.6) is 0 Å². The van der Waals surface area contributed by atoms with Gasteiger partial charge in [0.25, 0.3) is 0 Å². The van der Waals surface area contributed by atoms with Gasteiger partial charge in [-0.1, -0.05) is 12.8 Å². The van der Waals surface area contributed by atoms with E-state index in [2.05, 4.69) is 43.8 Å². The van der Waals surface area contributed by atoms with Crippen molar-refractivity contribution in [2.45, 2.75) is 57.4 Å². The SMILES string of the molecule is CN(CCNC(=O)NC1CCCC1)CCNc1cc(N2CCCC2)nc(N2CCCC2)n1. The molecular weight excluding hydrogens is 404 g/mol. The van der Waals surface area contributed by atoms with Crippen molar-refractivity contribution in [3.63, 3.8) is 0 Å². The van der Waals surface area contributed by atoms with E-state index in [1.54, 1.807) is 0 Å². The average Bonchev–Trinajstić information content (AvgIpc) is 3.57. The van der Waals surface area contributed by atoms with Crippen LogP contribution >= 0.6 is 0 Å². The lowest BCUT2D eigenvalue weighted by Gasteiger charge is -2.22. The molecule has 9 nitrogen and oxygen atoms in total. The van der Waals surface area contributed by atoms with Gasteiger partial charge in [0, 0.05) is 64.5 Å². The number of carbonyl (C=O) groups excluding carboxylic acids is 1. The summed E-state index contributed by atoms with van der Waals surface area (Å²) in [5.74, 6) is 2.82. The predicted molar refractivity (Wildman–Crippen MR) is 130 cm³/mol. The Labute approximate surface area is 192 Å². The predicted octanol–water partition coefficient (Wildman–Crippen LogP) is 2.26. The highest BCUT2D eigenvalue weighted by molar-refractivity contribution is 5.74. The number of carbonyl (C=O) groups is 1. The molecule has 3 heterocycles. The molecule has 0 aromatic carbocycles. The summed E-state index contributed by atoms with van der Waals surface area (Å²) in [6.45, 7) is 7.43. The topological polar surface area (TPSA) is 88.7 Å². The molecule has 0 radical (unpaired) electrons. The number of aromatic nitrogens is 2. The Morgan fingerprint density at radius 3 is 2.34 bits per heavy atom. The van der Waals surface area contributed by atoms with Crippen LogP contribution in [0.3, 0.4) is 0 Å². The molecule has 3 fully saturated rings. The summed E-state index contributed by atoms with van der Waals surface area (Å²) >= 11 is 0. The van der Waals surface area contributed by atoms with Gasteiger partial charge in [0.05, 0.1) is 0 Å². The molecule has 32 heavy (non-hydrogen) atoms. The Kier molecular flexibility index (Phi) is 8.25. The monoisotopic (exact) mass is 444 g/mol. The summed E-state index contributed by atoms with van der Waals surface area (Å²) < 4.78 is 0. The molecule has 0 spiro atoms. The third-order valence-corrected chi connectivity index (χ3v) is 6.79. The van der Waals surface area contributed by atoms with Gasteiger partial charge in [-0.05, 0) is 45.6 Å². The summed E-state index contributed by atoms with van der Waals surface area (Å²) in [6, 6.07) is 2.42. The lowest BCUT2D eigenvalue weighted by atomic mass is 10.2. The summed E-state index contributed by atoms with van der Waals surface area (Å²) in [4.78, 5) is 28.6. The van der Waals surface area contributed by atoms with E-state index in [4.69, 9.17) is 9.97 Å². The van der Waals surface area contributed by atoms with Gasteiger partial charge in [0.15, 0.2) is 0 Å². The van der Waals surface area contributed by atoms with E-state index >= 15 is 0 Å². The number of hydrogen-bond acceptors (Lipinski definition) is 7. The quantitative estimate of drug-likeness (QED) is 0.510. The fraction of sp³-hybridized carbons (Fsp3) is 0.783. The van der Waals surface area contributed by atoms with Crippen molar-refractivity contribution in [1.82, 2.24) is 25.5 Å². The molecule has 0 unspecified atom stereocenters. The molecule has 1 aromatic heterocycles. The minimum atomic E-state index is -0.0340. The fourth-order valence-corrected chi connectivity index (χ4v) is 4.83. The van der Waals surface area contributed by atoms with Gasteiger partial charge in [0.2, 0.25) is 5.95 Å². The van der Waals surface area contributed by atoms with Crippen molar-refractivity contribution in [2.24, 2.45) is 0 Å². The molecule has 2 saturated heterocycles. The van der Waals surface area contributed by atoms with Crippen LogP contribution in [-0.2, 0) is 0 Å². The number of anilines is 3. The highest BCUT2D eigenvalue weighted by Crippen LogP contribution is 2.25. The molecule has 2 amide bonds. The largest absolute Gasteiger partial charge is 0.369 e. The zero-order valence-electron chi connectivity index (χ0n) is 19.6. The summed E-state index contributed by atoms with van der Waals surface area (Å²) in [5, 5.41) is 9.56. The van der Waals surface area contributed by atoms with Crippen LogP contribution in [0.4, 0.5) is 22.4 Å². The molecule has 9 heteroatoms. The number of urea groups is 1. The molecular formula is C23H40N8O. The van der Waals surface area contributed by atoms with Crippen LogP contribution in [0.15, 0.2) is 6.07 Å². The Bertz CT molecular complexity index is 692. The summed E-state index contributed by atoms with van der Waals surface area (Å²) in [6.07, 6.45) is 9.60. The van der Waals surface area contributed by atoms with E-state index in [0.717, 1.165) is 76.2 Å². The van der Waals surface area contributed by atoms with Crippen molar-refractivity contribution >= 4 is 23.6 Å². The van der Waals surface area contributed by atoms with Gasteiger partial charge in [-0.25, -0.2) is 4.79 Å². The minimum absolute atomic E-state index is 0.0340. The normalized spacial score (nSPS) is 19.2. The molecule has 0 bridgehead atoms. The first kappa shape index (κ1) is 22.9. The third kappa shape index (κ3) is 6.60. The molecule has 1 aromatic rings. The summed E-state index contributed by atoms with van der Waals surface area (Å²) in [5.41, 5.74) is 0. The second-order valence-corrected chi connectivity index (χ2v) is 9.41. The van der Waals surface area contributed by atoms with E-state index in [1.165, 1.54) is 38.5 Å². The van der Waals surface area contributed by atoms with Crippen molar-refractivity contribution < 1.29 is 4.79 Å². The maximum atomic E-state index is 12.0. The number of hydrogen-bond donors (Lipinski definition) is 3. The molecule has 1 aliphatic carbocycles. The Morgan fingerprint density at radius 2 is 1.62 bits per heavy atom. The van der Waals surface area contributed by atoms with Crippen molar-refractivity contribution in [1.29, 1.82) is 0 Å². The van der Waals surface area contributed by atoms with Gasteiger partial charge in [-0.15, -0.1) is 0 Å². The highest BCUT2D eigenvalue weighted by atomic mass is 16.2. The standard InChI is InChI=1S/C23H40N8O/c1-29(17-11-25-23(32)26-19-8-2-3-9-19)16-10-24-20-18-21(30-12-4-5-13-30)28-22(27-20)31-14-6-7-15-31/h18-19H,2-17H2,1H3,(H,24,27,28)(H2,25,26,32). The van der Waals surface area contributed by atoms with Crippen LogP contribution in [0.2, 0.25) is 0 Å². The Hall–Kier alpha value is -2.29. The number of likely N-dealkylation sites (N-methyl/N-ethyl adjacent to an activating group) is 1. The van der Waals surface area contributed by atoms with Crippen molar-refractivity contribution in [3.05, 3.63) is 6.07 Å². The van der Waals surface area contributed by atoms with E-state index in [-0.39, 0.29) is 6.03 Å². The van der Waals surface area contributed by atoms with E-state index in [1.807, 2.05) is 0 Å². The average molecular weight is 445 g/mol. The maximum absolute atomic E-state index is 12.0. The number of rotatable bonds is 10. The van der Waals surface area contributed by atoms with Crippen molar-refractivity contribution in [2.75, 3.05) is 74.5 Å². The molecule has 4 rings (SSSR count). The van der Waals surface area contributed by atoms with Gasteiger partial charge >= 0.3 is 6.03 Å². The zero-order valence-corrected chi connectivity index (χ0v) is 19.6. The Balaban J connectivity index is 1.21. The lowest BCUT2D eigenvalue weighted by molar-refractivity contribution is 0.235. The number of nitrogens with one attached hydrogen (secondary N) is 3.